The van der Waals surface area contributed by atoms with Crippen molar-refractivity contribution in [2.75, 3.05) is 37.8 Å². The Hall–Kier alpha value is -0.900. The van der Waals surface area contributed by atoms with Crippen LogP contribution in [0.5, 0.6) is 0 Å². The van der Waals surface area contributed by atoms with Crippen molar-refractivity contribution in [3.05, 3.63) is 0 Å². The van der Waals surface area contributed by atoms with Crippen LogP contribution in [0.1, 0.15) is 19.8 Å². The molecule has 7 nitrogen and oxygen atoms in total. The van der Waals surface area contributed by atoms with Crippen LogP contribution in [0.15, 0.2) is 4.90 Å². The summed E-state index contributed by atoms with van der Waals surface area (Å²) >= 11 is 1.12. The lowest BCUT2D eigenvalue weighted by molar-refractivity contribution is 0.110. The minimum Gasteiger partial charge on any atom is -0.393 e. The Balaban J connectivity index is 2.27. The highest BCUT2D eigenvalue weighted by atomic mass is 32.2. The summed E-state index contributed by atoms with van der Waals surface area (Å²) < 4.78 is 30.0. The second-order valence-electron chi connectivity index (χ2n) is 5.55. The van der Waals surface area contributed by atoms with Gasteiger partial charge in [0.1, 0.15) is 5.00 Å². The van der Waals surface area contributed by atoms with Crippen LogP contribution in [0.25, 0.3) is 0 Å². The highest BCUT2D eigenvalue weighted by molar-refractivity contribution is 7.89. The summed E-state index contributed by atoms with van der Waals surface area (Å²) in [4.78, 5) is 2.11. The van der Waals surface area contributed by atoms with Gasteiger partial charge >= 0.3 is 0 Å². The molecular weight excluding hydrogens is 312 g/mol. The molecule has 1 saturated heterocycles. The van der Waals surface area contributed by atoms with Gasteiger partial charge in [-0.2, -0.15) is 4.37 Å². The number of aliphatic hydroxyl groups excluding tert-OH is 1. The molecular formula is C12H22N4O3S2. The summed E-state index contributed by atoms with van der Waals surface area (Å²) in [5, 5.41) is 10.2. The summed E-state index contributed by atoms with van der Waals surface area (Å²) in [6.45, 7) is 3.20. The van der Waals surface area contributed by atoms with Crippen molar-refractivity contribution in [3.63, 3.8) is 0 Å². The Morgan fingerprint density at radius 3 is 2.48 bits per heavy atom. The van der Waals surface area contributed by atoms with Crippen LogP contribution >= 0.6 is 11.5 Å². The number of hydrogen-bond acceptors (Lipinski definition) is 7. The number of hydrogen-bond donors (Lipinski definition) is 2. The molecule has 21 heavy (non-hydrogen) atoms. The van der Waals surface area contributed by atoms with Gasteiger partial charge in [-0.25, -0.2) is 12.7 Å². The van der Waals surface area contributed by atoms with E-state index in [2.05, 4.69) is 4.37 Å². The lowest BCUT2D eigenvalue weighted by atomic mass is 9.92. The van der Waals surface area contributed by atoms with Gasteiger partial charge < -0.3 is 15.7 Å². The van der Waals surface area contributed by atoms with E-state index in [1.807, 2.05) is 4.90 Å². The van der Waals surface area contributed by atoms with Crippen LogP contribution in [0.4, 0.5) is 10.8 Å². The van der Waals surface area contributed by atoms with Gasteiger partial charge in [-0.05, 0) is 37.2 Å². The average Bonchev–Trinajstić information content (AvgIpc) is 2.81. The average molecular weight is 334 g/mol. The van der Waals surface area contributed by atoms with Gasteiger partial charge in [0.15, 0.2) is 10.7 Å². The Bertz CT molecular complexity index is 590. The van der Waals surface area contributed by atoms with Crippen molar-refractivity contribution in [1.29, 1.82) is 0 Å². The lowest BCUT2D eigenvalue weighted by Gasteiger charge is -2.34. The molecule has 0 aromatic carbocycles. The minimum absolute atomic E-state index is 0.0568. The van der Waals surface area contributed by atoms with E-state index in [4.69, 9.17) is 5.73 Å². The molecule has 3 N–H and O–H groups in total. The molecule has 1 aliphatic heterocycles. The van der Waals surface area contributed by atoms with E-state index in [1.165, 1.54) is 14.1 Å². The minimum atomic E-state index is -3.61. The third kappa shape index (κ3) is 3.15. The fourth-order valence-corrected chi connectivity index (χ4v) is 4.77. The Morgan fingerprint density at radius 1 is 1.43 bits per heavy atom. The molecule has 1 atom stereocenters. The second kappa shape index (κ2) is 6.07. The van der Waals surface area contributed by atoms with E-state index >= 15 is 0 Å². The first-order valence-corrected chi connectivity index (χ1v) is 9.07. The Kier molecular flexibility index (Phi) is 4.76. The molecule has 9 heteroatoms. The molecule has 2 heterocycles. The number of nitrogen functional groups attached to an aromatic ring is 1. The molecule has 1 fully saturated rings. The maximum absolute atomic E-state index is 12.4. The van der Waals surface area contributed by atoms with E-state index in [1.54, 1.807) is 6.92 Å². The monoisotopic (exact) mass is 334 g/mol. The SMILES string of the molecule is CC(O)C1CCN(c2snc(N)c2S(=O)(=O)N(C)C)CC1. The first kappa shape index (κ1) is 16.5. The molecule has 0 saturated carbocycles. The Labute approximate surface area is 129 Å². The zero-order valence-electron chi connectivity index (χ0n) is 12.5. The number of anilines is 2. The zero-order valence-corrected chi connectivity index (χ0v) is 14.1. The predicted molar refractivity (Wildman–Crippen MR) is 84.0 cm³/mol. The largest absolute Gasteiger partial charge is 0.393 e. The van der Waals surface area contributed by atoms with E-state index in [9.17, 15) is 13.5 Å². The van der Waals surface area contributed by atoms with Gasteiger partial charge in [-0.3, -0.25) is 0 Å². The van der Waals surface area contributed by atoms with Crippen LogP contribution in [0.2, 0.25) is 0 Å². The van der Waals surface area contributed by atoms with Gasteiger partial charge in [-0.15, -0.1) is 0 Å². The molecule has 2 rings (SSSR count). The molecule has 1 aromatic heterocycles. The van der Waals surface area contributed by atoms with Crippen LogP contribution < -0.4 is 10.6 Å². The number of nitrogens with two attached hydrogens (primary N) is 1. The summed E-state index contributed by atoms with van der Waals surface area (Å²) in [6.07, 6.45) is 1.33. The lowest BCUT2D eigenvalue weighted by Crippen LogP contribution is -2.37. The van der Waals surface area contributed by atoms with E-state index in [0.29, 0.717) is 18.1 Å². The van der Waals surface area contributed by atoms with Crippen molar-refractivity contribution in [3.8, 4) is 0 Å². The first-order chi connectivity index (χ1) is 9.75. The maximum Gasteiger partial charge on any atom is 0.249 e. The van der Waals surface area contributed by atoms with E-state index in [-0.39, 0.29) is 22.7 Å². The van der Waals surface area contributed by atoms with Gasteiger partial charge in [0.2, 0.25) is 10.0 Å². The van der Waals surface area contributed by atoms with Gasteiger partial charge in [-0.1, -0.05) is 0 Å². The normalized spacial score (nSPS) is 19.2. The molecule has 0 radical (unpaired) electrons. The first-order valence-electron chi connectivity index (χ1n) is 6.85. The number of aliphatic hydroxyl groups is 1. The molecule has 1 aliphatic rings. The quantitative estimate of drug-likeness (QED) is 0.835. The van der Waals surface area contributed by atoms with Crippen LogP contribution in [0, 0.1) is 5.92 Å². The molecule has 1 unspecified atom stereocenters. The molecule has 0 bridgehead atoms. The molecule has 120 valence electrons. The fraction of sp³-hybridized carbons (Fsp3) is 0.750. The van der Waals surface area contributed by atoms with Crippen molar-refractivity contribution in [2.45, 2.75) is 30.8 Å². The molecule has 1 aromatic rings. The van der Waals surface area contributed by atoms with Gasteiger partial charge in [0.05, 0.1) is 6.10 Å². The topological polar surface area (TPSA) is 99.8 Å². The number of piperidine rings is 1. The summed E-state index contributed by atoms with van der Waals surface area (Å²) in [5.74, 6) is 0.321. The number of aromatic nitrogens is 1. The van der Waals surface area contributed by atoms with Crippen LogP contribution in [-0.2, 0) is 10.0 Å². The van der Waals surface area contributed by atoms with Crippen molar-refractivity contribution < 1.29 is 13.5 Å². The van der Waals surface area contributed by atoms with Crippen molar-refractivity contribution in [2.24, 2.45) is 5.92 Å². The molecule has 0 aliphatic carbocycles. The van der Waals surface area contributed by atoms with Crippen molar-refractivity contribution >= 4 is 32.4 Å². The zero-order chi connectivity index (χ0) is 15.8. The molecule has 0 spiro atoms. The van der Waals surface area contributed by atoms with E-state index in [0.717, 1.165) is 28.7 Å². The summed E-state index contributed by atoms with van der Waals surface area (Å²) in [7, 11) is -0.645. The van der Waals surface area contributed by atoms with Crippen LogP contribution in [-0.4, -0.2) is 55.5 Å². The van der Waals surface area contributed by atoms with E-state index < -0.39 is 10.0 Å². The third-order valence-electron chi connectivity index (χ3n) is 3.91. The van der Waals surface area contributed by atoms with Gasteiger partial charge in [0.25, 0.3) is 0 Å². The highest BCUT2D eigenvalue weighted by Gasteiger charge is 2.32. The Morgan fingerprint density at radius 2 is 2.00 bits per heavy atom. The van der Waals surface area contributed by atoms with Crippen LogP contribution in [0.3, 0.4) is 0 Å². The molecule has 0 amide bonds. The predicted octanol–water partition coefficient (Wildman–Crippen LogP) is 0.573. The smallest absolute Gasteiger partial charge is 0.249 e. The number of rotatable bonds is 4. The summed E-state index contributed by atoms with van der Waals surface area (Å²) in [5.41, 5.74) is 5.77. The number of sulfonamides is 1. The highest BCUT2D eigenvalue weighted by Crippen LogP contribution is 2.38. The fourth-order valence-electron chi connectivity index (χ4n) is 2.50. The van der Waals surface area contributed by atoms with Crippen molar-refractivity contribution in [1.82, 2.24) is 8.68 Å². The standard InChI is InChI=1S/C12H22N4O3S2/c1-8(17)9-4-6-16(7-5-9)12-10(11(13)14-20-12)21(18,19)15(2)3/h8-9,17H,4-7H2,1-3H3,(H2,13,14). The second-order valence-corrected chi connectivity index (χ2v) is 8.40. The van der Waals surface area contributed by atoms with Gasteiger partial charge in [0, 0.05) is 27.2 Å². The number of nitrogens with zero attached hydrogens (tertiary/aromatic N) is 3. The third-order valence-corrected chi connectivity index (χ3v) is 6.84. The maximum atomic E-state index is 12.4. The summed E-state index contributed by atoms with van der Waals surface area (Å²) in [6, 6.07) is 0.